The van der Waals surface area contributed by atoms with Crippen LogP contribution in [0, 0.1) is 24.0 Å². The van der Waals surface area contributed by atoms with Crippen molar-refractivity contribution in [3.63, 3.8) is 0 Å². The van der Waals surface area contributed by atoms with Crippen LogP contribution in [0.1, 0.15) is 30.4 Å². The van der Waals surface area contributed by atoms with Gasteiger partial charge in [0.2, 0.25) is 5.82 Å². The lowest BCUT2D eigenvalue weighted by atomic mass is 10.2. The average molecular weight is 342 g/mol. The molecule has 0 radical (unpaired) electrons. The molecular formula is C12H16BrN5O2. The van der Waals surface area contributed by atoms with Gasteiger partial charge in [-0.2, -0.15) is 10.2 Å². The number of rotatable bonds is 4. The molecule has 0 unspecified atom stereocenters. The molecular weight excluding hydrogens is 326 g/mol. The molecule has 108 valence electrons. The molecule has 0 N–H and O–H groups in total. The van der Waals surface area contributed by atoms with Crippen LogP contribution in [0.4, 0.5) is 5.69 Å². The van der Waals surface area contributed by atoms with Gasteiger partial charge in [0.15, 0.2) is 0 Å². The summed E-state index contributed by atoms with van der Waals surface area (Å²) in [6.45, 7) is 5.68. The Morgan fingerprint density at radius 2 is 2.00 bits per heavy atom. The third-order valence-electron chi connectivity index (χ3n) is 3.14. The van der Waals surface area contributed by atoms with Crippen LogP contribution in [0.2, 0.25) is 0 Å². The van der Waals surface area contributed by atoms with Crippen molar-refractivity contribution in [2.45, 2.75) is 33.6 Å². The van der Waals surface area contributed by atoms with Crippen LogP contribution in [-0.2, 0) is 13.5 Å². The van der Waals surface area contributed by atoms with Gasteiger partial charge in [0.1, 0.15) is 5.69 Å². The zero-order chi connectivity index (χ0) is 15.0. The molecule has 0 fully saturated rings. The lowest BCUT2D eigenvalue weighted by Gasteiger charge is -2.03. The maximum Gasteiger partial charge on any atom is 0.336 e. The maximum atomic E-state index is 11.4. The van der Waals surface area contributed by atoms with Gasteiger partial charge in [-0.1, -0.05) is 13.3 Å². The Kier molecular flexibility index (Phi) is 3.94. The van der Waals surface area contributed by atoms with Crippen LogP contribution in [0.3, 0.4) is 0 Å². The summed E-state index contributed by atoms with van der Waals surface area (Å²) >= 11 is 3.44. The Balaban J connectivity index is 2.73. The molecule has 0 atom stereocenters. The summed E-state index contributed by atoms with van der Waals surface area (Å²) in [4.78, 5) is 11.0. The normalized spacial score (nSPS) is 11.1. The van der Waals surface area contributed by atoms with Gasteiger partial charge in [-0.15, -0.1) is 0 Å². The molecule has 8 heteroatoms. The molecule has 0 aliphatic rings. The first-order valence-corrected chi connectivity index (χ1v) is 7.10. The number of nitro groups is 1. The van der Waals surface area contributed by atoms with Gasteiger partial charge >= 0.3 is 5.69 Å². The van der Waals surface area contributed by atoms with E-state index >= 15 is 0 Å². The Morgan fingerprint density at radius 3 is 2.45 bits per heavy atom. The fourth-order valence-electron chi connectivity index (χ4n) is 2.22. The highest BCUT2D eigenvalue weighted by molar-refractivity contribution is 9.10. The quantitative estimate of drug-likeness (QED) is 0.632. The number of hydrogen-bond donors (Lipinski definition) is 0. The highest BCUT2D eigenvalue weighted by Crippen LogP contribution is 2.31. The standard InChI is InChI=1S/C12H16BrN5O2/c1-5-6-9-11(18(19)20)12(16(4)15-9)17-8(3)10(13)7(2)14-17/h5-6H2,1-4H3. The lowest BCUT2D eigenvalue weighted by Crippen LogP contribution is -2.08. The molecule has 0 amide bonds. The predicted molar refractivity (Wildman–Crippen MR) is 78.2 cm³/mol. The zero-order valence-electron chi connectivity index (χ0n) is 11.8. The van der Waals surface area contributed by atoms with E-state index in [4.69, 9.17) is 0 Å². The summed E-state index contributed by atoms with van der Waals surface area (Å²) in [5, 5.41) is 20.0. The number of hydrogen-bond acceptors (Lipinski definition) is 4. The number of aromatic nitrogens is 4. The molecule has 2 aromatic rings. The molecule has 0 aliphatic heterocycles. The van der Waals surface area contributed by atoms with E-state index in [1.807, 2.05) is 20.8 Å². The Bertz CT molecular complexity index is 674. The number of nitrogens with zero attached hydrogens (tertiary/aromatic N) is 5. The fourth-order valence-corrected chi connectivity index (χ4v) is 2.46. The highest BCUT2D eigenvalue weighted by atomic mass is 79.9. The van der Waals surface area contributed by atoms with E-state index in [0.29, 0.717) is 17.9 Å². The third-order valence-corrected chi connectivity index (χ3v) is 4.28. The Labute approximate surface area is 124 Å². The summed E-state index contributed by atoms with van der Waals surface area (Å²) < 4.78 is 3.95. The fraction of sp³-hybridized carbons (Fsp3) is 0.500. The summed E-state index contributed by atoms with van der Waals surface area (Å²) in [7, 11) is 1.70. The van der Waals surface area contributed by atoms with Gasteiger partial charge in [0, 0.05) is 7.05 Å². The predicted octanol–water partition coefficient (Wildman–Crippen LogP) is 2.85. The van der Waals surface area contributed by atoms with Crippen LogP contribution in [0.5, 0.6) is 0 Å². The second kappa shape index (κ2) is 5.35. The molecule has 20 heavy (non-hydrogen) atoms. The first kappa shape index (κ1) is 14.7. The van der Waals surface area contributed by atoms with E-state index in [1.54, 1.807) is 11.7 Å². The van der Waals surface area contributed by atoms with Crippen molar-refractivity contribution >= 4 is 21.6 Å². The van der Waals surface area contributed by atoms with E-state index in [-0.39, 0.29) is 10.6 Å². The first-order valence-electron chi connectivity index (χ1n) is 6.30. The molecule has 2 aromatic heterocycles. The van der Waals surface area contributed by atoms with E-state index < -0.39 is 0 Å². The topological polar surface area (TPSA) is 78.8 Å². The molecule has 0 spiro atoms. The van der Waals surface area contributed by atoms with Crippen molar-refractivity contribution in [3.8, 4) is 5.82 Å². The molecule has 0 saturated carbocycles. The summed E-state index contributed by atoms with van der Waals surface area (Å²) in [5.74, 6) is 0.393. The van der Waals surface area contributed by atoms with E-state index in [9.17, 15) is 10.1 Å². The molecule has 2 heterocycles. The van der Waals surface area contributed by atoms with Crippen LogP contribution in [0.25, 0.3) is 5.82 Å². The molecule has 0 aromatic carbocycles. The van der Waals surface area contributed by atoms with Crippen LogP contribution < -0.4 is 0 Å². The minimum atomic E-state index is -0.377. The molecule has 0 aliphatic carbocycles. The third kappa shape index (κ3) is 2.24. The van der Waals surface area contributed by atoms with Gasteiger partial charge in [-0.3, -0.25) is 10.1 Å². The van der Waals surface area contributed by atoms with Gasteiger partial charge in [0.25, 0.3) is 0 Å². The van der Waals surface area contributed by atoms with Crippen molar-refractivity contribution in [2.24, 2.45) is 7.05 Å². The molecule has 0 saturated heterocycles. The van der Waals surface area contributed by atoms with Crippen molar-refractivity contribution in [1.82, 2.24) is 19.6 Å². The van der Waals surface area contributed by atoms with E-state index in [2.05, 4.69) is 26.1 Å². The highest BCUT2D eigenvalue weighted by Gasteiger charge is 2.29. The second-order valence-electron chi connectivity index (χ2n) is 4.65. The van der Waals surface area contributed by atoms with Gasteiger partial charge in [0.05, 0.1) is 20.8 Å². The first-order chi connectivity index (χ1) is 9.38. The lowest BCUT2D eigenvalue weighted by molar-refractivity contribution is -0.385. The Morgan fingerprint density at radius 1 is 1.35 bits per heavy atom. The second-order valence-corrected chi connectivity index (χ2v) is 5.44. The van der Waals surface area contributed by atoms with Crippen LogP contribution in [0.15, 0.2) is 4.47 Å². The molecule has 0 bridgehead atoms. The molecule has 7 nitrogen and oxygen atoms in total. The van der Waals surface area contributed by atoms with Crippen molar-refractivity contribution in [3.05, 3.63) is 31.7 Å². The minimum Gasteiger partial charge on any atom is -0.258 e. The average Bonchev–Trinajstić information content (AvgIpc) is 2.82. The summed E-state index contributed by atoms with van der Waals surface area (Å²) in [5.41, 5.74) is 2.14. The van der Waals surface area contributed by atoms with E-state index in [0.717, 1.165) is 22.3 Å². The summed E-state index contributed by atoms with van der Waals surface area (Å²) in [6, 6.07) is 0. The van der Waals surface area contributed by atoms with Crippen LogP contribution >= 0.6 is 15.9 Å². The van der Waals surface area contributed by atoms with Gasteiger partial charge in [-0.05, 0) is 36.2 Å². The van der Waals surface area contributed by atoms with E-state index in [1.165, 1.54) is 4.68 Å². The number of halogens is 1. The maximum absolute atomic E-state index is 11.4. The van der Waals surface area contributed by atoms with Crippen molar-refractivity contribution in [1.29, 1.82) is 0 Å². The van der Waals surface area contributed by atoms with Crippen LogP contribution in [-0.4, -0.2) is 24.5 Å². The minimum absolute atomic E-state index is 0.0347. The SMILES string of the molecule is CCCc1nn(C)c(-n2nc(C)c(Br)c2C)c1[N+](=O)[O-]. The van der Waals surface area contributed by atoms with Gasteiger partial charge in [-0.25, -0.2) is 9.36 Å². The monoisotopic (exact) mass is 341 g/mol. The Hall–Kier alpha value is -1.70. The zero-order valence-corrected chi connectivity index (χ0v) is 13.4. The van der Waals surface area contributed by atoms with Crippen molar-refractivity contribution in [2.75, 3.05) is 0 Å². The van der Waals surface area contributed by atoms with Gasteiger partial charge < -0.3 is 0 Å². The molecule has 2 rings (SSSR count). The van der Waals surface area contributed by atoms with Crippen molar-refractivity contribution < 1.29 is 4.92 Å². The smallest absolute Gasteiger partial charge is 0.258 e. The number of aryl methyl sites for hydroxylation is 3. The largest absolute Gasteiger partial charge is 0.336 e. The summed E-state index contributed by atoms with van der Waals surface area (Å²) in [6.07, 6.45) is 1.38.